The molecule has 0 aromatic heterocycles. The highest BCUT2D eigenvalue weighted by Gasteiger charge is 2.29. The van der Waals surface area contributed by atoms with E-state index in [4.69, 9.17) is 11.6 Å². The fraction of sp³-hybridized carbons (Fsp3) is 1.00. The van der Waals surface area contributed by atoms with Crippen molar-refractivity contribution in [3.8, 4) is 0 Å². The monoisotopic (exact) mass is 248 g/mol. The Morgan fingerprint density at radius 3 is 2.67 bits per heavy atom. The first-order valence-corrected chi connectivity index (χ1v) is 8.11. The maximum absolute atomic E-state index is 6.42. The van der Waals surface area contributed by atoms with Crippen LogP contribution in [0.1, 0.15) is 46.0 Å². The van der Waals surface area contributed by atoms with Gasteiger partial charge < -0.3 is 0 Å². The van der Waals surface area contributed by atoms with Gasteiger partial charge >= 0.3 is 0 Å². The number of halogens is 1. The van der Waals surface area contributed by atoms with Crippen molar-refractivity contribution in [2.24, 2.45) is 17.8 Å². The minimum absolute atomic E-state index is 0.460. The molecule has 1 saturated carbocycles. The summed E-state index contributed by atoms with van der Waals surface area (Å²) in [5.41, 5.74) is 0. The Bertz CT molecular complexity index is 170. The molecule has 0 aromatic rings. The van der Waals surface area contributed by atoms with Crippen LogP contribution in [0.2, 0.25) is 0 Å². The zero-order chi connectivity index (χ0) is 11.3. The van der Waals surface area contributed by atoms with E-state index in [1.807, 2.05) is 11.8 Å². The smallest absolute Gasteiger partial charge is 0.0364 e. The highest BCUT2D eigenvalue weighted by atomic mass is 35.5. The quantitative estimate of drug-likeness (QED) is 0.497. The van der Waals surface area contributed by atoms with Crippen LogP contribution in [0.3, 0.4) is 0 Å². The van der Waals surface area contributed by atoms with Gasteiger partial charge in [0.15, 0.2) is 0 Å². The van der Waals surface area contributed by atoms with Gasteiger partial charge in [-0.1, -0.05) is 13.8 Å². The van der Waals surface area contributed by atoms with Crippen LogP contribution in [-0.2, 0) is 0 Å². The third-order valence-electron chi connectivity index (χ3n) is 3.80. The van der Waals surface area contributed by atoms with Crippen LogP contribution in [0.15, 0.2) is 0 Å². The van der Waals surface area contributed by atoms with Gasteiger partial charge in [-0.05, 0) is 61.9 Å². The van der Waals surface area contributed by atoms with E-state index in [2.05, 4.69) is 20.1 Å². The first-order valence-electron chi connectivity index (χ1n) is 6.28. The van der Waals surface area contributed by atoms with Gasteiger partial charge in [0.25, 0.3) is 0 Å². The van der Waals surface area contributed by atoms with Gasteiger partial charge in [-0.2, -0.15) is 11.8 Å². The third kappa shape index (κ3) is 4.56. The fourth-order valence-electron chi connectivity index (χ4n) is 2.66. The molecule has 0 N–H and O–H groups in total. The predicted octanol–water partition coefficient (Wildman–Crippen LogP) is 4.81. The fourth-order valence-corrected chi connectivity index (χ4v) is 3.47. The molecule has 0 nitrogen and oxygen atoms in total. The summed E-state index contributed by atoms with van der Waals surface area (Å²) in [6.45, 7) is 4.72. The predicted molar refractivity (Wildman–Crippen MR) is 72.9 cm³/mol. The summed E-state index contributed by atoms with van der Waals surface area (Å²) in [5.74, 6) is 3.86. The Balaban J connectivity index is 2.32. The summed E-state index contributed by atoms with van der Waals surface area (Å²) >= 11 is 8.38. The highest BCUT2D eigenvalue weighted by molar-refractivity contribution is 7.98. The largest absolute Gasteiger partial charge is 0.165 e. The van der Waals surface area contributed by atoms with Gasteiger partial charge in [0.05, 0.1) is 0 Å². The van der Waals surface area contributed by atoms with Crippen LogP contribution in [0.4, 0.5) is 0 Å². The lowest BCUT2D eigenvalue weighted by molar-refractivity contribution is 0.210. The van der Waals surface area contributed by atoms with Gasteiger partial charge in [0.1, 0.15) is 0 Å². The maximum atomic E-state index is 6.42. The highest BCUT2D eigenvalue weighted by Crippen LogP contribution is 2.38. The molecule has 1 fully saturated rings. The minimum Gasteiger partial charge on any atom is -0.165 e. The normalized spacial score (nSPS) is 32.2. The summed E-state index contributed by atoms with van der Waals surface area (Å²) < 4.78 is 0. The Hall–Kier alpha value is 0.640. The van der Waals surface area contributed by atoms with Crippen molar-refractivity contribution in [3.05, 3.63) is 0 Å². The summed E-state index contributed by atoms with van der Waals surface area (Å²) in [4.78, 5) is 0. The van der Waals surface area contributed by atoms with Crippen LogP contribution in [0, 0.1) is 17.8 Å². The summed E-state index contributed by atoms with van der Waals surface area (Å²) in [6.07, 6.45) is 8.85. The van der Waals surface area contributed by atoms with Crippen molar-refractivity contribution in [1.82, 2.24) is 0 Å². The zero-order valence-electron chi connectivity index (χ0n) is 10.3. The van der Waals surface area contributed by atoms with Crippen molar-refractivity contribution in [3.63, 3.8) is 0 Å². The average molecular weight is 249 g/mol. The van der Waals surface area contributed by atoms with Crippen molar-refractivity contribution >= 4 is 23.4 Å². The minimum atomic E-state index is 0.460. The SMILES string of the molecule is CSCCCC1CC(C(C)C)CCC1Cl. The maximum Gasteiger partial charge on any atom is 0.0364 e. The van der Waals surface area contributed by atoms with Crippen molar-refractivity contribution < 1.29 is 0 Å². The van der Waals surface area contributed by atoms with Crippen molar-refractivity contribution in [2.45, 2.75) is 51.3 Å². The second kappa shape index (κ2) is 7.06. The van der Waals surface area contributed by atoms with Gasteiger partial charge in [0.2, 0.25) is 0 Å². The molecule has 0 amide bonds. The molecule has 0 heterocycles. The molecule has 3 atom stereocenters. The van der Waals surface area contributed by atoms with Crippen molar-refractivity contribution in [2.75, 3.05) is 12.0 Å². The average Bonchev–Trinajstić information content (AvgIpc) is 2.20. The van der Waals surface area contributed by atoms with E-state index in [-0.39, 0.29) is 0 Å². The van der Waals surface area contributed by atoms with Crippen LogP contribution >= 0.6 is 23.4 Å². The molecular formula is C13H25ClS. The lowest BCUT2D eigenvalue weighted by Gasteiger charge is -2.35. The van der Waals surface area contributed by atoms with Gasteiger partial charge in [-0.15, -0.1) is 11.6 Å². The van der Waals surface area contributed by atoms with Crippen LogP contribution in [0.25, 0.3) is 0 Å². The zero-order valence-corrected chi connectivity index (χ0v) is 11.9. The van der Waals surface area contributed by atoms with Crippen LogP contribution in [0.5, 0.6) is 0 Å². The molecule has 0 aromatic carbocycles. The summed E-state index contributed by atoms with van der Waals surface area (Å²) in [7, 11) is 0. The Labute approximate surface area is 105 Å². The molecule has 0 bridgehead atoms. The number of alkyl halides is 1. The molecule has 2 heteroatoms. The topological polar surface area (TPSA) is 0 Å². The Kier molecular flexibility index (Phi) is 6.45. The molecule has 90 valence electrons. The molecular weight excluding hydrogens is 224 g/mol. The summed E-state index contributed by atoms with van der Waals surface area (Å²) in [6, 6.07) is 0. The van der Waals surface area contributed by atoms with E-state index in [9.17, 15) is 0 Å². The number of rotatable bonds is 5. The van der Waals surface area contributed by atoms with Crippen LogP contribution in [-0.4, -0.2) is 17.4 Å². The van der Waals surface area contributed by atoms with Gasteiger partial charge in [-0.25, -0.2) is 0 Å². The van der Waals surface area contributed by atoms with Gasteiger partial charge in [-0.3, -0.25) is 0 Å². The van der Waals surface area contributed by atoms with E-state index >= 15 is 0 Å². The molecule has 0 spiro atoms. The van der Waals surface area contributed by atoms with E-state index < -0.39 is 0 Å². The first-order chi connectivity index (χ1) is 7.15. The molecule has 15 heavy (non-hydrogen) atoms. The van der Waals surface area contributed by atoms with E-state index in [0.717, 1.165) is 17.8 Å². The molecule has 1 rings (SSSR count). The standard InChI is InChI=1S/C13H25ClS/c1-10(2)11-6-7-13(14)12(9-11)5-4-8-15-3/h10-13H,4-9H2,1-3H3. The molecule has 1 aliphatic carbocycles. The summed E-state index contributed by atoms with van der Waals surface area (Å²) in [5, 5.41) is 0.460. The van der Waals surface area contributed by atoms with E-state index in [1.165, 1.54) is 37.9 Å². The second-order valence-electron chi connectivity index (χ2n) is 5.23. The Morgan fingerprint density at radius 1 is 1.33 bits per heavy atom. The number of thioether (sulfide) groups is 1. The first kappa shape index (κ1) is 13.7. The lowest BCUT2D eigenvalue weighted by atomic mass is 9.74. The molecule has 0 aliphatic heterocycles. The molecule has 3 unspecified atom stereocenters. The lowest BCUT2D eigenvalue weighted by Crippen LogP contribution is -2.28. The number of hydrogen-bond acceptors (Lipinski definition) is 1. The Morgan fingerprint density at radius 2 is 2.07 bits per heavy atom. The van der Waals surface area contributed by atoms with E-state index in [0.29, 0.717) is 5.38 Å². The molecule has 0 saturated heterocycles. The van der Waals surface area contributed by atoms with E-state index in [1.54, 1.807) is 0 Å². The van der Waals surface area contributed by atoms with Crippen molar-refractivity contribution in [1.29, 1.82) is 0 Å². The third-order valence-corrected chi connectivity index (χ3v) is 5.07. The molecule has 1 aliphatic rings. The second-order valence-corrected chi connectivity index (χ2v) is 6.77. The number of hydrogen-bond donors (Lipinski definition) is 0. The van der Waals surface area contributed by atoms with Gasteiger partial charge in [0, 0.05) is 5.38 Å². The molecule has 0 radical (unpaired) electrons. The van der Waals surface area contributed by atoms with Crippen LogP contribution < -0.4 is 0 Å².